The Morgan fingerprint density at radius 2 is 2.18 bits per heavy atom. The van der Waals surface area contributed by atoms with E-state index in [0.29, 0.717) is 0 Å². The largest absolute Gasteiger partial charge is 0.507 e. The van der Waals surface area contributed by atoms with Crippen molar-refractivity contribution in [2.24, 2.45) is 0 Å². The van der Waals surface area contributed by atoms with Crippen LogP contribution in [0.2, 0.25) is 0 Å². The highest BCUT2D eigenvalue weighted by Gasteiger charge is 2.06. The number of rotatable bonds is 0. The van der Waals surface area contributed by atoms with Gasteiger partial charge in [0.25, 0.3) is 0 Å². The van der Waals surface area contributed by atoms with Crippen molar-refractivity contribution in [3.63, 3.8) is 0 Å². The third kappa shape index (κ3) is 1.49. The van der Waals surface area contributed by atoms with Gasteiger partial charge in [0.15, 0.2) is 0 Å². The molecule has 0 aliphatic heterocycles. The van der Waals surface area contributed by atoms with Crippen LogP contribution in [0.1, 0.15) is 5.56 Å². The summed E-state index contributed by atoms with van der Waals surface area (Å²) in [5.74, 6) is -0.885. The van der Waals surface area contributed by atoms with E-state index in [1.807, 2.05) is 0 Å². The Kier molecular flexibility index (Phi) is 2.11. The summed E-state index contributed by atoms with van der Waals surface area (Å²) in [7, 11) is 0. The molecule has 0 saturated heterocycles. The van der Waals surface area contributed by atoms with Crippen molar-refractivity contribution in [3.8, 4) is 11.8 Å². The second-order valence-corrected chi connectivity index (χ2v) is 2.69. The minimum atomic E-state index is -0.623. The molecular weight excluding hydrogens is 213 g/mol. The summed E-state index contributed by atoms with van der Waals surface area (Å²) in [6.07, 6.45) is 0. The van der Waals surface area contributed by atoms with E-state index in [1.165, 1.54) is 0 Å². The molecule has 1 N–H and O–H groups in total. The van der Waals surface area contributed by atoms with E-state index in [2.05, 4.69) is 15.9 Å². The molecule has 0 spiro atoms. The summed E-state index contributed by atoms with van der Waals surface area (Å²) in [6, 6.07) is 3.71. The van der Waals surface area contributed by atoms with E-state index in [-0.39, 0.29) is 15.8 Å². The summed E-state index contributed by atoms with van der Waals surface area (Å²) in [6.45, 7) is 0. The van der Waals surface area contributed by atoms with Crippen LogP contribution in [0.4, 0.5) is 4.39 Å². The van der Waals surface area contributed by atoms with Crippen molar-refractivity contribution in [2.75, 3.05) is 0 Å². The van der Waals surface area contributed by atoms with E-state index in [4.69, 9.17) is 10.4 Å². The number of hydrogen-bond acceptors (Lipinski definition) is 2. The van der Waals surface area contributed by atoms with Crippen molar-refractivity contribution in [3.05, 3.63) is 28.0 Å². The molecule has 0 aromatic heterocycles. The van der Waals surface area contributed by atoms with Gasteiger partial charge < -0.3 is 5.11 Å². The second kappa shape index (κ2) is 2.89. The molecule has 1 rings (SSSR count). The summed E-state index contributed by atoms with van der Waals surface area (Å²) >= 11 is 2.94. The Morgan fingerprint density at radius 3 is 2.73 bits per heavy atom. The number of nitrogens with zero attached hydrogens (tertiary/aromatic N) is 1. The smallest absolute Gasteiger partial charge is 0.134 e. The molecule has 2 nitrogen and oxygen atoms in total. The lowest BCUT2D eigenvalue weighted by molar-refractivity contribution is 0.465. The number of halogens is 2. The van der Waals surface area contributed by atoms with Crippen LogP contribution in [0, 0.1) is 17.1 Å². The summed E-state index contributed by atoms with van der Waals surface area (Å²) < 4.78 is 12.7. The fourth-order valence-corrected chi connectivity index (χ4v) is 0.974. The van der Waals surface area contributed by atoms with Gasteiger partial charge in [0.1, 0.15) is 17.6 Å². The van der Waals surface area contributed by atoms with Gasteiger partial charge >= 0.3 is 0 Å². The molecule has 0 aliphatic carbocycles. The van der Waals surface area contributed by atoms with Gasteiger partial charge in [-0.25, -0.2) is 4.39 Å². The van der Waals surface area contributed by atoms with Crippen molar-refractivity contribution in [1.29, 1.82) is 5.26 Å². The van der Waals surface area contributed by atoms with Crippen molar-refractivity contribution < 1.29 is 9.50 Å². The molecule has 0 amide bonds. The zero-order valence-electron chi connectivity index (χ0n) is 5.31. The Morgan fingerprint density at radius 1 is 1.55 bits per heavy atom. The number of benzene rings is 1. The Balaban J connectivity index is 3.39. The molecule has 11 heavy (non-hydrogen) atoms. The topological polar surface area (TPSA) is 44.0 Å². The normalized spacial score (nSPS) is 9.18. The zero-order valence-corrected chi connectivity index (χ0v) is 6.89. The van der Waals surface area contributed by atoms with Gasteiger partial charge in [-0.15, -0.1) is 0 Å². The van der Waals surface area contributed by atoms with E-state index in [9.17, 15) is 4.39 Å². The summed E-state index contributed by atoms with van der Waals surface area (Å²) in [4.78, 5) is 0. The molecule has 0 saturated carbocycles. The fourth-order valence-electron chi connectivity index (χ4n) is 0.656. The maximum atomic E-state index is 12.5. The number of phenols is 1. The summed E-state index contributed by atoms with van der Waals surface area (Å²) in [5.41, 5.74) is 0.0856. The summed E-state index contributed by atoms with van der Waals surface area (Å²) in [5, 5.41) is 17.4. The van der Waals surface area contributed by atoms with Crippen LogP contribution < -0.4 is 0 Å². The maximum Gasteiger partial charge on any atom is 0.134 e. The molecule has 0 aliphatic rings. The highest BCUT2D eigenvalue weighted by atomic mass is 79.9. The first-order chi connectivity index (χ1) is 5.15. The minimum absolute atomic E-state index is 0.0856. The van der Waals surface area contributed by atoms with E-state index in [0.717, 1.165) is 12.1 Å². The molecule has 4 heteroatoms. The van der Waals surface area contributed by atoms with Gasteiger partial charge in [0.2, 0.25) is 0 Å². The molecule has 0 bridgehead atoms. The number of nitriles is 1. The molecule has 0 fully saturated rings. The molecular formula is C7H3BrFNO. The minimum Gasteiger partial charge on any atom is -0.507 e. The lowest BCUT2D eigenvalue weighted by Crippen LogP contribution is -1.81. The SMILES string of the molecule is N#Cc1cc(F)cc(O)c1Br. The van der Waals surface area contributed by atoms with Gasteiger partial charge in [-0.2, -0.15) is 5.26 Å². The van der Waals surface area contributed by atoms with Crippen LogP contribution in [0.5, 0.6) is 5.75 Å². The predicted octanol–water partition coefficient (Wildman–Crippen LogP) is 2.17. The van der Waals surface area contributed by atoms with E-state index >= 15 is 0 Å². The van der Waals surface area contributed by atoms with Crippen molar-refractivity contribution in [1.82, 2.24) is 0 Å². The first-order valence-corrected chi connectivity index (χ1v) is 3.52. The Labute approximate surface area is 71.0 Å². The van der Waals surface area contributed by atoms with E-state index in [1.54, 1.807) is 6.07 Å². The van der Waals surface area contributed by atoms with Gasteiger partial charge in [0, 0.05) is 6.07 Å². The third-order valence-electron chi connectivity index (χ3n) is 1.14. The highest BCUT2D eigenvalue weighted by molar-refractivity contribution is 9.10. The van der Waals surface area contributed by atoms with Crippen LogP contribution >= 0.6 is 15.9 Å². The first-order valence-electron chi connectivity index (χ1n) is 2.73. The monoisotopic (exact) mass is 215 g/mol. The number of phenolic OH excluding ortho intramolecular Hbond substituents is 1. The van der Waals surface area contributed by atoms with Gasteiger partial charge in [0.05, 0.1) is 10.0 Å². The highest BCUT2D eigenvalue weighted by Crippen LogP contribution is 2.27. The second-order valence-electron chi connectivity index (χ2n) is 1.90. The van der Waals surface area contributed by atoms with Gasteiger partial charge in [-0.3, -0.25) is 0 Å². The van der Waals surface area contributed by atoms with E-state index < -0.39 is 5.82 Å². The quantitative estimate of drug-likeness (QED) is 0.722. The van der Waals surface area contributed by atoms with Crippen molar-refractivity contribution >= 4 is 15.9 Å². The van der Waals surface area contributed by atoms with Gasteiger partial charge in [-0.1, -0.05) is 0 Å². The lowest BCUT2D eigenvalue weighted by Gasteiger charge is -1.97. The van der Waals surface area contributed by atoms with Crippen LogP contribution in [0.3, 0.4) is 0 Å². The average molecular weight is 216 g/mol. The Hall–Kier alpha value is -1.08. The van der Waals surface area contributed by atoms with Crippen LogP contribution in [0.15, 0.2) is 16.6 Å². The molecule has 56 valence electrons. The average Bonchev–Trinajstić information content (AvgIpc) is 1.96. The maximum absolute atomic E-state index is 12.5. The first kappa shape index (κ1) is 8.02. The Bertz CT molecular complexity index is 332. The molecule has 0 unspecified atom stereocenters. The van der Waals surface area contributed by atoms with Crippen LogP contribution in [0.25, 0.3) is 0 Å². The number of aromatic hydroxyl groups is 1. The standard InChI is InChI=1S/C7H3BrFNO/c8-7-4(3-10)1-5(9)2-6(7)11/h1-2,11H. The number of hydrogen-bond donors (Lipinski definition) is 1. The van der Waals surface area contributed by atoms with Crippen LogP contribution in [-0.2, 0) is 0 Å². The van der Waals surface area contributed by atoms with Crippen LogP contribution in [-0.4, -0.2) is 5.11 Å². The van der Waals surface area contributed by atoms with Crippen molar-refractivity contribution in [2.45, 2.75) is 0 Å². The third-order valence-corrected chi connectivity index (χ3v) is 1.97. The fraction of sp³-hybridized carbons (Fsp3) is 0. The molecule has 1 aromatic rings. The lowest BCUT2D eigenvalue weighted by atomic mass is 10.2. The van der Waals surface area contributed by atoms with Gasteiger partial charge in [-0.05, 0) is 22.0 Å². The predicted molar refractivity (Wildman–Crippen MR) is 40.5 cm³/mol. The molecule has 1 aromatic carbocycles. The molecule has 0 radical (unpaired) electrons. The molecule has 0 heterocycles. The zero-order chi connectivity index (χ0) is 8.43. The molecule has 0 atom stereocenters.